The molecule has 0 radical (unpaired) electrons. The summed E-state index contributed by atoms with van der Waals surface area (Å²) >= 11 is 0. The Morgan fingerprint density at radius 1 is 0.857 bits per heavy atom. The van der Waals surface area contributed by atoms with Crippen LogP contribution in [0.3, 0.4) is 0 Å². The van der Waals surface area contributed by atoms with Crippen LogP contribution in [0.25, 0.3) is 11.1 Å². The van der Waals surface area contributed by atoms with Crippen LogP contribution in [0.2, 0.25) is 0 Å². The third-order valence-corrected chi connectivity index (χ3v) is 7.45. The molecule has 0 aliphatic carbocycles. The van der Waals surface area contributed by atoms with Crippen molar-refractivity contribution in [3.63, 3.8) is 0 Å². The minimum atomic E-state index is -0.429. The van der Waals surface area contributed by atoms with Crippen LogP contribution in [0, 0.1) is 10.1 Å². The molecule has 10 heteroatoms. The Morgan fingerprint density at radius 2 is 1.64 bits per heavy atom. The number of fused-ring (bicyclic) bond motifs is 2. The van der Waals surface area contributed by atoms with Crippen LogP contribution in [0.15, 0.2) is 78.9 Å². The van der Waals surface area contributed by atoms with Crippen molar-refractivity contribution in [2.75, 3.05) is 55.6 Å². The van der Waals surface area contributed by atoms with Crippen molar-refractivity contribution in [3.8, 4) is 22.6 Å². The average molecular weight is 567 g/mol. The minimum Gasteiger partial charge on any atom is -0.497 e. The Kier molecular flexibility index (Phi) is 7.61. The topological polar surface area (TPSA) is 115 Å². The first kappa shape index (κ1) is 27.1. The van der Waals surface area contributed by atoms with Crippen molar-refractivity contribution in [3.05, 3.63) is 100 Å². The standard InChI is InChI=1S/C32H30N4O6/c1-40-25-8-11-31(36(38)39)27(20-25)22-3-9-26-29(19-22)33-28-10-2-21(18-30(28)34-32(26)37)12-15-42-24-6-4-23(5-7-24)35-13-16-41-17-14-35/h2-11,18-20,33H,12-17H2,1H3,(H,34,37). The molecular weight excluding hydrogens is 536 g/mol. The van der Waals surface area contributed by atoms with Crippen molar-refractivity contribution in [2.45, 2.75) is 6.42 Å². The molecule has 1 amide bonds. The van der Waals surface area contributed by atoms with Crippen LogP contribution in [0.4, 0.5) is 28.4 Å². The molecule has 0 unspecified atom stereocenters. The second-order valence-corrected chi connectivity index (χ2v) is 10.1. The second-order valence-electron chi connectivity index (χ2n) is 10.1. The smallest absolute Gasteiger partial charge is 0.277 e. The molecule has 2 N–H and O–H groups in total. The molecule has 1 saturated heterocycles. The summed E-state index contributed by atoms with van der Waals surface area (Å²) in [6, 6.07) is 23.7. The summed E-state index contributed by atoms with van der Waals surface area (Å²) in [5.41, 5.74) is 5.49. The van der Waals surface area contributed by atoms with Gasteiger partial charge in [-0.05, 0) is 71.8 Å². The number of anilines is 4. The van der Waals surface area contributed by atoms with E-state index in [2.05, 4.69) is 27.7 Å². The van der Waals surface area contributed by atoms with Crippen molar-refractivity contribution in [1.82, 2.24) is 0 Å². The lowest BCUT2D eigenvalue weighted by Gasteiger charge is -2.28. The number of morpholine rings is 1. The van der Waals surface area contributed by atoms with Crippen LogP contribution in [0.1, 0.15) is 15.9 Å². The third kappa shape index (κ3) is 5.70. The lowest BCUT2D eigenvalue weighted by molar-refractivity contribution is -0.384. The van der Waals surface area contributed by atoms with E-state index < -0.39 is 4.92 Å². The fourth-order valence-electron chi connectivity index (χ4n) is 5.20. The number of methoxy groups -OCH3 is 1. The number of benzene rings is 4. The van der Waals surface area contributed by atoms with E-state index >= 15 is 0 Å². The number of nitrogens with zero attached hydrogens (tertiary/aromatic N) is 2. The van der Waals surface area contributed by atoms with Gasteiger partial charge in [0.25, 0.3) is 11.6 Å². The molecule has 0 atom stereocenters. The van der Waals surface area contributed by atoms with Crippen LogP contribution < -0.4 is 25.0 Å². The van der Waals surface area contributed by atoms with Gasteiger partial charge in [-0.3, -0.25) is 14.9 Å². The zero-order chi connectivity index (χ0) is 29.1. The van der Waals surface area contributed by atoms with Crippen molar-refractivity contribution < 1.29 is 23.9 Å². The molecule has 4 aromatic rings. The number of carbonyl (C=O) groups is 1. The number of ether oxygens (including phenoxy) is 3. The highest BCUT2D eigenvalue weighted by Crippen LogP contribution is 2.38. The molecule has 214 valence electrons. The fraction of sp³-hybridized carbons (Fsp3) is 0.219. The first-order valence-corrected chi connectivity index (χ1v) is 13.7. The lowest BCUT2D eigenvalue weighted by atomic mass is 10.00. The van der Waals surface area contributed by atoms with Gasteiger partial charge in [0, 0.05) is 31.3 Å². The highest BCUT2D eigenvalue weighted by atomic mass is 16.6. The van der Waals surface area contributed by atoms with Gasteiger partial charge in [0.2, 0.25) is 0 Å². The Hall–Kier alpha value is -5.09. The number of amides is 1. The van der Waals surface area contributed by atoms with Gasteiger partial charge >= 0.3 is 0 Å². The van der Waals surface area contributed by atoms with Gasteiger partial charge in [0.1, 0.15) is 11.5 Å². The van der Waals surface area contributed by atoms with E-state index in [4.69, 9.17) is 14.2 Å². The van der Waals surface area contributed by atoms with E-state index in [-0.39, 0.29) is 11.6 Å². The maximum Gasteiger partial charge on any atom is 0.277 e. The summed E-state index contributed by atoms with van der Waals surface area (Å²) in [6.45, 7) is 3.76. The summed E-state index contributed by atoms with van der Waals surface area (Å²) in [5.74, 6) is 1.04. The van der Waals surface area contributed by atoms with Gasteiger partial charge in [-0.25, -0.2) is 0 Å². The molecule has 1 fully saturated rings. The monoisotopic (exact) mass is 566 g/mol. The Morgan fingerprint density at radius 3 is 2.40 bits per heavy atom. The molecule has 0 aromatic heterocycles. The number of hydrogen-bond acceptors (Lipinski definition) is 8. The lowest BCUT2D eigenvalue weighted by Crippen LogP contribution is -2.36. The Bertz CT molecular complexity index is 1630. The molecule has 0 spiro atoms. The summed E-state index contributed by atoms with van der Waals surface area (Å²) in [7, 11) is 1.51. The summed E-state index contributed by atoms with van der Waals surface area (Å²) in [4.78, 5) is 26.7. The van der Waals surface area contributed by atoms with Crippen LogP contribution in [-0.4, -0.2) is 50.9 Å². The van der Waals surface area contributed by atoms with Crippen molar-refractivity contribution in [1.29, 1.82) is 0 Å². The maximum atomic E-state index is 13.1. The highest BCUT2D eigenvalue weighted by Gasteiger charge is 2.22. The minimum absolute atomic E-state index is 0.0471. The SMILES string of the molecule is COc1ccc([N+](=O)[O-])c(-c2ccc3c(c2)Nc2ccc(CCOc4ccc(N5CCOCC5)cc4)cc2NC3=O)c1. The van der Waals surface area contributed by atoms with Crippen LogP contribution >= 0.6 is 0 Å². The Labute approximate surface area is 243 Å². The number of nitro groups is 1. The number of nitrogens with one attached hydrogen (secondary N) is 2. The number of rotatable bonds is 8. The number of hydrogen-bond donors (Lipinski definition) is 2. The van der Waals surface area contributed by atoms with Gasteiger partial charge in [0.05, 0.1) is 60.0 Å². The van der Waals surface area contributed by atoms with E-state index in [1.165, 1.54) is 13.2 Å². The molecular formula is C32H30N4O6. The van der Waals surface area contributed by atoms with Crippen molar-refractivity contribution >= 4 is 34.3 Å². The molecule has 0 saturated carbocycles. The Balaban J connectivity index is 1.15. The van der Waals surface area contributed by atoms with Crippen LogP contribution in [0.5, 0.6) is 11.5 Å². The molecule has 6 rings (SSSR count). The summed E-state index contributed by atoms with van der Waals surface area (Å²) < 4.78 is 16.7. The van der Waals surface area contributed by atoms with Crippen LogP contribution in [-0.2, 0) is 11.2 Å². The first-order valence-electron chi connectivity index (χ1n) is 13.7. The van der Waals surface area contributed by atoms with E-state index in [1.807, 2.05) is 30.3 Å². The van der Waals surface area contributed by atoms with E-state index in [1.54, 1.807) is 30.3 Å². The average Bonchev–Trinajstić information content (AvgIpc) is 3.16. The summed E-state index contributed by atoms with van der Waals surface area (Å²) in [5, 5.41) is 18.0. The molecule has 4 aromatic carbocycles. The van der Waals surface area contributed by atoms with Gasteiger partial charge in [-0.1, -0.05) is 12.1 Å². The predicted octanol–water partition coefficient (Wildman–Crippen LogP) is 6.04. The van der Waals surface area contributed by atoms with E-state index in [9.17, 15) is 14.9 Å². The van der Waals surface area contributed by atoms with Gasteiger partial charge < -0.3 is 29.7 Å². The maximum absolute atomic E-state index is 13.1. The second kappa shape index (κ2) is 11.8. The third-order valence-electron chi connectivity index (χ3n) is 7.45. The van der Waals surface area contributed by atoms with E-state index in [0.717, 1.165) is 49.0 Å². The highest BCUT2D eigenvalue weighted by molar-refractivity contribution is 6.12. The largest absolute Gasteiger partial charge is 0.497 e. The van der Waals surface area contributed by atoms with Gasteiger partial charge in [0.15, 0.2) is 0 Å². The molecule has 2 aliphatic heterocycles. The first-order chi connectivity index (χ1) is 20.5. The van der Waals surface area contributed by atoms with Gasteiger partial charge in [-0.2, -0.15) is 0 Å². The quantitative estimate of drug-likeness (QED) is 0.196. The molecule has 42 heavy (non-hydrogen) atoms. The fourth-order valence-corrected chi connectivity index (χ4v) is 5.20. The van der Waals surface area contributed by atoms with E-state index in [0.29, 0.717) is 46.8 Å². The molecule has 2 aliphatic rings. The zero-order valence-electron chi connectivity index (χ0n) is 23.1. The predicted molar refractivity (Wildman–Crippen MR) is 161 cm³/mol. The summed E-state index contributed by atoms with van der Waals surface area (Å²) in [6.07, 6.45) is 0.658. The normalized spacial score (nSPS) is 14.1. The van der Waals surface area contributed by atoms with Gasteiger partial charge in [-0.15, -0.1) is 0 Å². The molecule has 2 heterocycles. The molecule has 0 bridgehead atoms. The van der Waals surface area contributed by atoms with Crippen molar-refractivity contribution in [2.24, 2.45) is 0 Å². The number of carbonyl (C=O) groups excluding carboxylic acids is 1. The number of nitro benzene ring substituents is 1. The molecule has 10 nitrogen and oxygen atoms in total. The zero-order valence-corrected chi connectivity index (χ0v) is 23.1.